The van der Waals surface area contributed by atoms with E-state index in [1.54, 1.807) is 52.0 Å². The summed E-state index contributed by atoms with van der Waals surface area (Å²) >= 11 is 0. The summed E-state index contributed by atoms with van der Waals surface area (Å²) in [6, 6.07) is 12.0. The van der Waals surface area contributed by atoms with Crippen molar-refractivity contribution in [3.8, 4) is 11.8 Å². The Balaban J connectivity index is 1.72. The Morgan fingerprint density at radius 3 is 2.49 bits per heavy atom. The van der Waals surface area contributed by atoms with Crippen LogP contribution in [0, 0.1) is 17.2 Å². The standard InChI is InChI=1S/C29H37N6O9P/c1-17(2)26(36)42-24-22(43-29(15-30,28(24,6)38)23-13-12-21-25(31)32-16-33-35(21)23)14-40-45(39,44-20-10-8-7-9-11-20)34-19(5)27(37)41-18(3)4/h7-13,16-19,22,24,38H,14H2,1-6H3,(H,34,39)(H2,31,32,33)/t19-,22-,24?,28-,29+,45-/m1/s1. The number of aliphatic hydroxyl groups is 1. The smallest absolute Gasteiger partial charge is 0.459 e. The minimum Gasteiger partial charge on any atom is -0.462 e. The van der Waals surface area contributed by atoms with E-state index in [0.717, 1.165) is 0 Å². The fourth-order valence-electron chi connectivity index (χ4n) is 4.79. The first-order valence-electron chi connectivity index (χ1n) is 14.2. The molecule has 4 N–H and O–H groups in total. The number of hydrogen-bond acceptors (Lipinski definition) is 13. The first kappa shape index (κ1) is 33.8. The van der Waals surface area contributed by atoms with Crippen molar-refractivity contribution in [2.45, 2.75) is 77.1 Å². The first-order chi connectivity index (χ1) is 21.1. The second-order valence-electron chi connectivity index (χ2n) is 11.3. The number of fused-ring (bicyclic) bond motifs is 1. The number of nitrogens with one attached hydrogen (secondary N) is 1. The molecule has 0 saturated carbocycles. The number of nitrogens with zero attached hydrogens (tertiary/aromatic N) is 4. The molecule has 1 unspecified atom stereocenters. The lowest BCUT2D eigenvalue weighted by Crippen LogP contribution is -2.54. The average molecular weight is 645 g/mol. The second kappa shape index (κ2) is 13.1. The fourth-order valence-corrected chi connectivity index (χ4v) is 6.29. The number of para-hydroxylation sites is 1. The lowest BCUT2D eigenvalue weighted by atomic mass is 9.80. The van der Waals surface area contributed by atoms with Crippen LogP contribution in [0.2, 0.25) is 0 Å². The number of ether oxygens (including phenoxy) is 3. The molecule has 1 aromatic carbocycles. The molecule has 4 rings (SSSR count). The van der Waals surface area contributed by atoms with Gasteiger partial charge in [-0.3, -0.25) is 14.1 Å². The first-order valence-corrected chi connectivity index (χ1v) is 15.8. The van der Waals surface area contributed by atoms with E-state index < -0.39 is 67.8 Å². The summed E-state index contributed by atoms with van der Waals surface area (Å²) in [5, 5.41) is 29.3. The second-order valence-corrected chi connectivity index (χ2v) is 13.0. The van der Waals surface area contributed by atoms with E-state index >= 15 is 0 Å². The normalized spacial score (nSPS) is 25.1. The molecule has 0 aliphatic carbocycles. The van der Waals surface area contributed by atoms with Crippen LogP contribution in [-0.2, 0) is 38.5 Å². The monoisotopic (exact) mass is 644 g/mol. The highest BCUT2D eigenvalue weighted by Gasteiger charge is 2.67. The van der Waals surface area contributed by atoms with Gasteiger partial charge in [-0.1, -0.05) is 32.0 Å². The lowest BCUT2D eigenvalue weighted by Gasteiger charge is -2.34. The molecule has 2 aromatic heterocycles. The van der Waals surface area contributed by atoms with Gasteiger partial charge in [0.25, 0.3) is 0 Å². The minimum atomic E-state index is -4.40. The Kier molecular flexibility index (Phi) is 9.86. The molecular formula is C29H37N6O9P. The molecule has 1 fully saturated rings. The summed E-state index contributed by atoms with van der Waals surface area (Å²) < 4.78 is 44.0. The molecule has 1 saturated heterocycles. The summed E-state index contributed by atoms with van der Waals surface area (Å²) in [5.74, 6) is -1.74. The predicted molar refractivity (Wildman–Crippen MR) is 159 cm³/mol. The Hall–Kier alpha value is -4.06. The van der Waals surface area contributed by atoms with E-state index in [1.165, 1.54) is 42.9 Å². The number of nitrogens with two attached hydrogens (primary N) is 1. The van der Waals surface area contributed by atoms with Crippen molar-refractivity contribution in [1.82, 2.24) is 19.7 Å². The highest BCUT2D eigenvalue weighted by Crippen LogP contribution is 2.51. The van der Waals surface area contributed by atoms with E-state index in [2.05, 4.69) is 15.2 Å². The number of aromatic nitrogens is 3. The molecule has 3 aromatic rings. The number of benzene rings is 1. The molecule has 0 spiro atoms. The van der Waals surface area contributed by atoms with Crippen LogP contribution in [0.1, 0.15) is 47.2 Å². The van der Waals surface area contributed by atoms with Gasteiger partial charge in [-0.15, -0.1) is 0 Å². The number of nitriles is 1. The van der Waals surface area contributed by atoms with Crippen LogP contribution in [0.3, 0.4) is 0 Å². The van der Waals surface area contributed by atoms with E-state index in [9.17, 15) is 24.5 Å². The highest BCUT2D eigenvalue weighted by molar-refractivity contribution is 7.52. The van der Waals surface area contributed by atoms with E-state index in [-0.39, 0.29) is 17.3 Å². The predicted octanol–water partition coefficient (Wildman–Crippen LogP) is 2.88. The van der Waals surface area contributed by atoms with Crippen molar-refractivity contribution in [1.29, 1.82) is 5.26 Å². The van der Waals surface area contributed by atoms with Crippen molar-refractivity contribution < 1.29 is 42.5 Å². The van der Waals surface area contributed by atoms with Crippen molar-refractivity contribution >= 4 is 31.0 Å². The van der Waals surface area contributed by atoms with Gasteiger partial charge < -0.3 is 29.6 Å². The van der Waals surface area contributed by atoms with E-state index in [4.69, 9.17) is 29.0 Å². The molecule has 6 atom stereocenters. The van der Waals surface area contributed by atoms with Crippen molar-refractivity contribution in [2.75, 3.05) is 12.3 Å². The van der Waals surface area contributed by atoms with Crippen LogP contribution in [0.5, 0.6) is 5.75 Å². The summed E-state index contributed by atoms with van der Waals surface area (Å²) in [6.45, 7) is 8.60. The number of nitrogen functional groups attached to an aromatic ring is 1. The largest absolute Gasteiger partial charge is 0.462 e. The third-order valence-corrected chi connectivity index (χ3v) is 8.73. The molecule has 45 heavy (non-hydrogen) atoms. The van der Waals surface area contributed by atoms with E-state index in [0.29, 0.717) is 5.52 Å². The average Bonchev–Trinajstić information content (AvgIpc) is 3.50. The summed E-state index contributed by atoms with van der Waals surface area (Å²) in [4.78, 5) is 29.3. The number of rotatable bonds is 12. The third kappa shape index (κ3) is 6.80. The van der Waals surface area contributed by atoms with Gasteiger partial charge in [0.05, 0.1) is 24.3 Å². The molecule has 242 valence electrons. The summed E-state index contributed by atoms with van der Waals surface area (Å²) in [7, 11) is -4.40. The minimum absolute atomic E-state index is 0.0686. The molecular weight excluding hydrogens is 607 g/mol. The fraction of sp³-hybridized carbons (Fsp3) is 0.483. The maximum absolute atomic E-state index is 14.1. The van der Waals surface area contributed by atoms with Crippen molar-refractivity contribution in [3.05, 3.63) is 54.5 Å². The van der Waals surface area contributed by atoms with Gasteiger partial charge in [0.15, 0.2) is 11.9 Å². The Labute approximate surface area is 260 Å². The number of carbonyl (C=O) groups is 2. The van der Waals surface area contributed by atoms with Gasteiger partial charge >= 0.3 is 19.7 Å². The Morgan fingerprint density at radius 2 is 1.87 bits per heavy atom. The topological polar surface area (TPSA) is 210 Å². The lowest BCUT2D eigenvalue weighted by molar-refractivity contribution is -0.168. The maximum atomic E-state index is 14.1. The zero-order valence-corrected chi connectivity index (χ0v) is 26.6. The Morgan fingerprint density at radius 1 is 1.18 bits per heavy atom. The van der Waals surface area contributed by atoms with E-state index in [1.807, 2.05) is 6.07 Å². The van der Waals surface area contributed by atoms with Gasteiger partial charge in [-0.05, 0) is 52.0 Å². The molecule has 16 heteroatoms. The molecule has 0 amide bonds. The van der Waals surface area contributed by atoms with Crippen molar-refractivity contribution in [3.63, 3.8) is 0 Å². The number of anilines is 1. The molecule has 0 radical (unpaired) electrons. The summed E-state index contributed by atoms with van der Waals surface area (Å²) in [5.41, 5.74) is 1.99. The molecule has 0 bridgehead atoms. The molecule has 1 aliphatic rings. The number of hydrogen-bond donors (Lipinski definition) is 3. The zero-order chi connectivity index (χ0) is 33.2. The number of carbonyl (C=O) groups excluding carboxylic acids is 2. The Bertz CT molecular complexity index is 1620. The third-order valence-electron chi connectivity index (χ3n) is 7.08. The van der Waals surface area contributed by atoms with Crippen molar-refractivity contribution in [2.24, 2.45) is 5.92 Å². The van der Waals surface area contributed by atoms with Crippen LogP contribution < -0.4 is 15.3 Å². The molecule has 3 heterocycles. The van der Waals surface area contributed by atoms with Gasteiger partial charge in [0.1, 0.15) is 41.4 Å². The zero-order valence-electron chi connectivity index (χ0n) is 25.7. The molecule has 15 nitrogen and oxygen atoms in total. The summed E-state index contributed by atoms with van der Waals surface area (Å²) in [6.07, 6.45) is -2.15. The van der Waals surface area contributed by atoms with Gasteiger partial charge in [-0.2, -0.15) is 15.4 Å². The molecule has 1 aliphatic heterocycles. The highest BCUT2D eigenvalue weighted by atomic mass is 31.2. The van der Waals surface area contributed by atoms with Gasteiger partial charge in [0.2, 0.25) is 5.60 Å². The van der Waals surface area contributed by atoms with Crippen LogP contribution in [0.25, 0.3) is 5.52 Å². The van der Waals surface area contributed by atoms with Crippen LogP contribution in [-0.4, -0.2) is 68.2 Å². The number of esters is 2. The van der Waals surface area contributed by atoms with Crippen LogP contribution in [0.15, 0.2) is 48.8 Å². The van der Waals surface area contributed by atoms with Crippen LogP contribution >= 0.6 is 7.75 Å². The van der Waals surface area contributed by atoms with Gasteiger partial charge in [0, 0.05) is 0 Å². The van der Waals surface area contributed by atoms with Gasteiger partial charge in [-0.25, -0.2) is 14.1 Å². The van der Waals surface area contributed by atoms with Crippen LogP contribution in [0.4, 0.5) is 5.82 Å². The quantitative estimate of drug-likeness (QED) is 0.191. The SMILES string of the molecule is CC(C)OC(=O)[C@@H](C)N[P@@](=O)(OC[C@H]1O[C@@](C#N)(c2ccc3c(N)ncnn23)[C@](C)(O)C1OC(=O)C(C)C)Oc1ccccc1. The maximum Gasteiger partial charge on any atom is 0.459 e.